The highest BCUT2D eigenvalue weighted by molar-refractivity contribution is 8.03. The number of halogens is 1. The van der Waals surface area contributed by atoms with Crippen LogP contribution in [0.15, 0.2) is 52.3 Å². The molecule has 0 aliphatic heterocycles. The first-order valence-corrected chi connectivity index (χ1v) is 7.07. The summed E-state index contributed by atoms with van der Waals surface area (Å²) in [5.74, 6) is -0.130. The number of thioether (sulfide) groups is 1. The van der Waals surface area contributed by atoms with Gasteiger partial charge >= 0.3 is 0 Å². The van der Waals surface area contributed by atoms with E-state index in [-0.39, 0.29) is 5.91 Å². The van der Waals surface area contributed by atoms with Crippen LogP contribution < -0.4 is 11.1 Å². The molecule has 2 rings (SSSR count). The highest BCUT2D eigenvalue weighted by Crippen LogP contribution is 2.31. The predicted molar refractivity (Wildman–Crippen MR) is 79.9 cm³/mol. The molecule has 5 heteroatoms. The molecule has 1 aromatic rings. The highest BCUT2D eigenvalue weighted by atomic mass is 35.5. The molecule has 19 heavy (non-hydrogen) atoms. The normalized spacial score (nSPS) is 21.9. The van der Waals surface area contributed by atoms with Crippen LogP contribution in [0, 0.1) is 0 Å². The van der Waals surface area contributed by atoms with Gasteiger partial charge in [0.2, 0.25) is 5.91 Å². The Labute approximate surface area is 121 Å². The third-order valence-corrected chi connectivity index (χ3v) is 3.94. The van der Waals surface area contributed by atoms with E-state index in [1.54, 1.807) is 11.8 Å². The molecule has 3 N–H and O–H groups in total. The van der Waals surface area contributed by atoms with E-state index in [9.17, 15) is 4.79 Å². The number of nitrogens with one attached hydrogen (secondary N) is 1. The molecule has 1 aliphatic rings. The van der Waals surface area contributed by atoms with Crippen molar-refractivity contribution in [1.29, 1.82) is 0 Å². The van der Waals surface area contributed by atoms with Crippen LogP contribution in [0.4, 0.5) is 0 Å². The van der Waals surface area contributed by atoms with Crippen LogP contribution in [-0.2, 0) is 4.79 Å². The summed E-state index contributed by atoms with van der Waals surface area (Å²) >= 11 is 7.49. The number of amides is 1. The molecule has 0 heterocycles. The zero-order valence-electron chi connectivity index (χ0n) is 10.5. The summed E-state index contributed by atoms with van der Waals surface area (Å²) in [7, 11) is 0. The standard InChI is InChI=1S/C14H15ClN2OS/c1-10(18)17-14(16)8-6-13(7-9-14)19-12-4-2-11(15)3-5-12/h2-8H,9,16H2,1H3,(H,17,18). The van der Waals surface area contributed by atoms with Gasteiger partial charge in [0.15, 0.2) is 0 Å². The van der Waals surface area contributed by atoms with Crippen molar-refractivity contribution in [2.45, 2.75) is 23.9 Å². The van der Waals surface area contributed by atoms with Crippen molar-refractivity contribution < 1.29 is 4.79 Å². The summed E-state index contributed by atoms with van der Waals surface area (Å²) in [4.78, 5) is 13.3. The zero-order chi connectivity index (χ0) is 13.9. The molecule has 1 aromatic carbocycles. The van der Waals surface area contributed by atoms with E-state index in [0.29, 0.717) is 6.42 Å². The average molecular weight is 295 g/mol. The number of carbonyl (C=O) groups is 1. The summed E-state index contributed by atoms with van der Waals surface area (Å²) in [6.07, 6.45) is 6.36. The predicted octanol–water partition coefficient (Wildman–Crippen LogP) is 3.07. The number of carbonyl (C=O) groups excluding carboxylic acids is 1. The number of hydrogen-bond acceptors (Lipinski definition) is 3. The number of benzene rings is 1. The van der Waals surface area contributed by atoms with Crippen LogP contribution in [0.3, 0.4) is 0 Å². The smallest absolute Gasteiger partial charge is 0.218 e. The molecule has 0 saturated heterocycles. The van der Waals surface area contributed by atoms with Gasteiger partial charge in [0.25, 0.3) is 0 Å². The van der Waals surface area contributed by atoms with Crippen LogP contribution in [0.25, 0.3) is 0 Å². The summed E-state index contributed by atoms with van der Waals surface area (Å²) < 4.78 is 0. The van der Waals surface area contributed by atoms with Crippen molar-refractivity contribution in [1.82, 2.24) is 5.32 Å². The van der Waals surface area contributed by atoms with Crippen molar-refractivity contribution in [2.75, 3.05) is 0 Å². The number of rotatable bonds is 3. The van der Waals surface area contributed by atoms with Gasteiger partial charge in [-0.2, -0.15) is 0 Å². The van der Waals surface area contributed by atoms with Gasteiger partial charge in [0, 0.05) is 28.2 Å². The van der Waals surface area contributed by atoms with Crippen molar-refractivity contribution in [3.05, 3.63) is 52.4 Å². The van der Waals surface area contributed by atoms with Gasteiger partial charge in [-0.1, -0.05) is 29.4 Å². The highest BCUT2D eigenvalue weighted by Gasteiger charge is 2.23. The molecular weight excluding hydrogens is 280 g/mol. The number of allylic oxidation sites excluding steroid dienone is 1. The summed E-state index contributed by atoms with van der Waals surface area (Å²) in [5.41, 5.74) is 5.28. The van der Waals surface area contributed by atoms with Gasteiger partial charge in [0.05, 0.1) is 0 Å². The molecule has 100 valence electrons. The maximum atomic E-state index is 11.1. The summed E-state index contributed by atoms with van der Waals surface area (Å²) in [6.45, 7) is 1.46. The minimum atomic E-state index is -0.768. The van der Waals surface area contributed by atoms with Gasteiger partial charge in [-0.25, -0.2) is 0 Å². The minimum Gasteiger partial charge on any atom is -0.335 e. The Balaban J connectivity index is 2.00. The van der Waals surface area contributed by atoms with E-state index in [4.69, 9.17) is 17.3 Å². The van der Waals surface area contributed by atoms with E-state index in [1.165, 1.54) is 6.92 Å². The van der Waals surface area contributed by atoms with E-state index in [1.807, 2.05) is 42.5 Å². The molecule has 0 radical (unpaired) electrons. The van der Waals surface area contributed by atoms with Crippen molar-refractivity contribution in [3.8, 4) is 0 Å². The number of nitrogens with two attached hydrogens (primary N) is 1. The van der Waals surface area contributed by atoms with E-state index in [2.05, 4.69) is 5.32 Å². The quantitative estimate of drug-likeness (QED) is 0.843. The van der Waals surface area contributed by atoms with Crippen LogP contribution in [0.5, 0.6) is 0 Å². The van der Waals surface area contributed by atoms with Crippen LogP contribution in [0.2, 0.25) is 5.02 Å². The molecule has 0 fully saturated rings. The SMILES string of the molecule is CC(=O)NC1(N)C=CC(Sc2ccc(Cl)cc2)=CC1. The zero-order valence-corrected chi connectivity index (χ0v) is 12.1. The number of hydrogen-bond donors (Lipinski definition) is 2. The fourth-order valence-corrected chi connectivity index (χ4v) is 2.74. The Morgan fingerprint density at radius 1 is 1.42 bits per heavy atom. The van der Waals surface area contributed by atoms with E-state index < -0.39 is 5.66 Å². The van der Waals surface area contributed by atoms with Gasteiger partial charge in [-0.15, -0.1) is 0 Å². The Morgan fingerprint density at radius 3 is 2.63 bits per heavy atom. The molecule has 1 atom stereocenters. The minimum absolute atomic E-state index is 0.130. The van der Waals surface area contributed by atoms with Gasteiger partial charge < -0.3 is 11.1 Å². The molecule has 1 aliphatic carbocycles. The third kappa shape index (κ3) is 4.13. The van der Waals surface area contributed by atoms with Gasteiger partial charge in [-0.05, 0) is 36.4 Å². The molecule has 0 bridgehead atoms. The molecule has 3 nitrogen and oxygen atoms in total. The van der Waals surface area contributed by atoms with Crippen LogP contribution >= 0.6 is 23.4 Å². The molecule has 0 saturated carbocycles. The molecule has 1 amide bonds. The molecular formula is C14H15ClN2OS. The Kier molecular flexibility index (Phi) is 4.34. The fraction of sp³-hybridized carbons (Fsp3) is 0.214. The topological polar surface area (TPSA) is 55.1 Å². The lowest BCUT2D eigenvalue weighted by Crippen LogP contribution is -2.54. The summed E-state index contributed by atoms with van der Waals surface area (Å²) in [6, 6.07) is 7.67. The first-order valence-electron chi connectivity index (χ1n) is 5.87. The molecule has 0 spiro atoms. The van der Waals surface area contributed by atoms with Crippen LogP contribution in [0.1, 0.15) is 13.3 Å². The summed E-state index contributed by atoms with van der Waals surface area (Å²) in [5, 5.41) is 3.46. The van der Waals surface area contributed by atoms with E-state index in [0.717, 1.165) is 14.8 Å². The Hall–Kier alpha value is -1.23. The maximum Gasteiger partial charge on any atom is 0.218 e. The van der Waals surface area contributed by atoms with Gasteiger partial charge in [-0.3, -0.25) is 4.79 Å². The maximum absolute atomic E-state index is 11.1. The lowest BCUT2D eigenvalue weighted by Gasteiger charge is -2.28. The third-order valence-electron chi connectivity index (χ3n) is 2.64. The largest absolute Gasteiger partial charge is 0.335 e. The lowest BCUT2D eigenvalue weighted by atomic mass is 10.0. The Morgan fingerprint density at radius 2 is 2.11 bits per heavy atom. The van der Waals surface area contributed by atoms with Gasteiger partial charge in [0.1, 0.15) is 5.66 Å². The first-order chi connectivity index (χ1) is 8.97. The molecule has 0 aromatic heterocycles. The van der Waals surface area contributed by atoms with Crippen molar-refractivity contribution >= 4 is 29.3 Å². The van der Waals surface area contributed by atoms with E-state index >= 15 is 0 Å². The second kappa shape index (κ2) is 5.82. The average Bonchev–Trinajstić information content (AvgIpc) is 2.34. The second-order valence-corrected chi connectivity index (χ2v) is 6.00. The monoisotopic (exact) mass is 294 g/mol. The Bertz CT molecular complexity index is 539. The fourth-order valence-electron chi connectivity index (χ4n) is 1.77. The second-order valence-electron chi connectivity index (χ2n) is 4.42. The lowest BCUT2D eigenvalue weighted by molar-refractivity contribution is -0.120. The van der Waals surface area contributed by atoms with Crippen molar-refractivity contribution in [2.24, 2.45) is 5.73 Å². The van der Waals surface area contributed by atoms with Crippen molar-refractivity contribution in [3.63, 3.8) is 0 Å². The molecule has 1 unspecified atom stereocenters. The van der Waals surface area contributed by atoms with Crippen LogP contribution in [-0.4, -0.2) is 11.6 Å². The first kappa shape index (κ1) is 14.2.